The molecule has 0 bridgehead atoms. The fourth-order valence-corrected chi connectivity index (χ4v) is 4.41. The molecule has 4 aromatic rings. The number of benzene rings is 3. The van der Waals surface area contributed by atoms with Crippen molar-refractivity contribution in [3.8, 4) is 11.1 Å². The van der Waals surface area contributed by atoms with Crippen molar-refractivity contribution in [3.05, 3.63) is 90.3 Å². The largest absolute Gasteiger partial charge is 0.399 e. The molecule has 2 heterocycles. The van der Waals surface area contributed by atoms with Crippen molar-refractivity contribution >= 4 is 22.7 Å². The van der Waals surface area contributed by atoms with Gasteiger partial charge >= 0.3 is 0 Å². The van der Waals surface area contributed by atoms with Gasteiger partial charge in [-0.05, 0) is 35.4 Å². The second-order valence-electron chi connectivity index (χ2n) is 7.95. The highest BCUT2D eigenvalue weighted by Crippen LogP contribution is 2.33. The van der Waals surface area contributed by atoms with Crippen LogP contribution in [0.4, 0.5) is 0 Å². The summed E-state index contributed by atoms with van der Waals surface area (Å²) in [6.45, 7) is 0.418. The van der Waals surface area contributed by atoms with Crippen LogP contribution >= 0.6 is 0 Å². The van der Waals surface area contributed by atoms with Gasteiger partial charge in [0, 0.05) is 19.0 Å². The van der Waals surface area contributed by atoms with Gasteiger partial charge in [-0.3, -0.25) is 4.79 Å². The molecule has 0 saturated carbocycles. The van der Waals surface area contributed by atoms with Gasteiger partial charge < -0.3 is 14.3 Å². The van der Waals surface area contributed by atoms with E-state index in [1.54, 1.807) is 0 Å². The maximum Gasteiger partial charge on any atom is 0.254 e. The van der Waals surface area contributed by atoms with Crippen molar-refractivity contribution in [2.75, 3.05) is 13.7 Å². The third-order valence-corrected chi connectivity index (χ3v) is 6.00. The van der Waals surface area contributed by atoms with E-state index in [1.807, 2.05) is 78.7 Å². The number of hydrogen-bond donors (Lipinski definition) is 0. The molecule has 1 fully saturated rings. The highest BCUT2D eigenvalue weighted by atomic mass is 16.6. The van der Waals surface area contributed by atoms with E-state index >= 15 is 0 Å². The number of amides is 1. The summed E-state index contributed by atoms with van der Waals surface area (Å²) >= 11 is 0. The first-order valence-corrected chi connectivity index (χ1v) is 10.6. The molecule has 6 heteroatoms. The molecule has 0 radical (unpaired) electrons. The zero-order valence-corrected chi connectivity index (χ0v) is 18.1. The summed E-state index contributed by atoms with van der Waals surface area (Å²) in [5, 5.41) is 4.15. The number of oxime groups is 1. The molecule has 1 saturated heterocycles. The lowest BCUT2D eigenvalue weighted by molar-refractivity contribution is 0.0732. The number of likely N-dealkylation sites (tertiary alicyclic amines) is 1. The quantitative estimate of drug-likeness (QED) is 0.441. The predicted molar refractivity (Wildman–Crippen MR) is 125 cm³/mol. The zero-order valence-electron chi connectivity index (χ0n) is 18.1. The molecule has 1 aromatic heterocycles. The van der Waals surface area contributed by atoms with E-state index in [1.165, 1.54) is 7.11 Å². The number of hydrogen-bond acceptors (Lipinski definition) is 4. The first-order valence-electron chi connectivity index (χ1n) is 10.6. The number of aryl methyl sites for hydroxylation is 1. The number of carbonyl (C=O) groups excluding carboxylic acids is 1. The van der Waals surface area contributed by atoms with E-state index in [-0.39, 0.29) is 11.9 Å². The molecule has 160 valence electrons. The number of rotatable bonds is 4. The predicted octanol–water partition coefficient (Wildman–Crippen LogP) is 4.83. The lowest BCUT2D eigenvalue weighted by Crippen LogP contribution is -2.32. The van der Waals surface area contributed by atoms with Gasteiger partial charge in [-0.15, -0.1) is 0 Å². The van der Waals surface area contributed by atoms with E-state index in [0.29, 0.717) is 18.5 Å². The molecule has 0 aliphatic carbocycles. The van der Waals surface area contributed by atoms with E-state index < -0.39 is 0 Å². The normalized spacial score (nSPS) is 17.2. The van der Waals surface area contributed by atoms with Gasteiger partial charge in [0.25, 0.3) is 5.91 Å². The van der Waals surface area contributed by atoms with Crippen LogP contribution in [0.15, 0.2) is 84.0 Å². The molecule has 0 N–H and O–H groups in total. The minimum atomic E-state index is -0.206. The number of nitrogens with zero attached hydrogens (tertiary/aromatic N) is 4. The molecule has 1 amide bonds. The molecular formula is C26H24N4O2. The van der Waals surface area contributed by atoms with Gasteiger partial charge in [-0.25, -0.2) is 4.98 Å². The summed E-state index contributed by atoms with van der Waals surface area (Å²) in [6, 6.07) is 25.7. The van der Waals surface area contributed by atoms with E-state index in [9.17, 15) is 4.79 Å². The van der Waals surface area contributed by atoms with Gasteiger partial charge in [-0.2, -0.15) is 0 Å². The first-order chi connectivity index (χ1) is 15.7. The van der Waals surface area contributed by atoms with Crippen LogP contribution in [0, 0.1) is 0 Å². The van der Waals surface area contributed by atoms with Gasteiger partial charge in [0.1, 0.15) is 12.9 Å². The summed E-state index contributed by atoms with van der Waals surface area (Å²) in [7, 11) is 3.53. The smallest absolute Gasteiger partial charge is 0.254 e. The topological polar surface area (TPSA) is 59.7 Å². The molecule has 0 spiro atoms. The van der Waals surface area contributed by atoms with Crippen molar-refractivity contribution in [2.24, 2.45) is 12.2 Å². The Morgan fingerprint density at radius 3 is 2.38 bits per heavy atom. The minimum Gasteiger partial charge on any atom is -0.399 e. The van der Waals surface area contributed by atoms with Crippen LogP contribution in [0.5, 0.6) is 0 Å². The maximum atomic E-state index is 13.5. The minimum absolute atomic E-state index is 0.0389. The van der Waals surface area contributed by atoms with Crippen LogP contribution in [0.1, 0.15) is 28.6 Å². The summed E-state index contributed by atoms with van der Waals surface area (Å²) in [5.41, 5.74) is 5.64. The average molecular weight is 425 g/mol. The number of carbonyl (C=O) groups is 1. The zero-order chi connectivity index (χ0) is 22.1. The van der Waals surface area contributed by atoms with Crippen molar-refractivity contribution < 1.29 is 9.63 Å². The molecule has 1 aliphatic heterocycles. The molecule has 1 aliphatic rings. The van der Waals surface area contributed by atoms with Crippen molar-refractivity contribution in [3.63, 3.8) is 0 Å². The Bertz CT molecular complexity index is 1290. The molecule has 6 nitrogen and oxygen atoms in total. The molecule has 1 atom stereocenters. The van der Waals surface area contributed by atoms with Gasteiger partial charge in [0.15, 0.2) is 0 Å². The summed E-state index contributed by atoms with van der Waals surface area (Å²) in [4.78, 5) is 25.3. The SMILES string of the molecule is CON=C1CC(c2nc3ccccc3n2C)N(C(=O)c2ccc(-c3ccccc3)cc2)C1. The van der Waals surface area contributed by atoms with Crippen molar-refractivity contribution in [1.82, 2.24) is 14.5 Å². The van der Waals surface area contributed by atoms with Crippen LogP contribution in [-0.4, -0.2) is 39.7 Å². The fraction of sp³-hybridized carbons (Fsp3) is 0.192. The standard InChI is InChI=1S/C26H24N4O2/c1-29-23-11-7-6-10-22(23)27-25(29)24-16-21(28-32-2)17-30(24)26(31)20-14-12-19(13-15-20)18-8-4-3-5-9-18/h3-15,24H,16-17H2,1-2H3. The van der Waals surface area contributed by atoms with Gasteiger partial charge in [0.05, 0.1) is 29.3 Å². The Labute approximate surface area is 186 Å². The highest BCUT2D eigenvalue weighted by molar-refractivity contribution is 6.01. The second-order valence-corrected chi connectivity index (χ2v) is 7.95. The Kier molecular flexibility index (Phi) is 5.19. The molecule has 5 rings (SSSR count). The number of aromatic nitrogens is 2. The highest BCUT2D eigenvalue weighted by Gasteiger charge is 2.37. The average Bonchev–Trinajstić information content (AvgIpc) is 3.40. The van der Waals surface area contributed by atoms with E-state index in [0.717, 1.165) is 33.7 Å². The Hall–Kier alpha value is -3.93. The van der Waals surface area contributed by atoms with Crippen LogP contribution in [0.25, 0.3) is 22.2 Å². The molecule has 1 unspecified atom stereocenters. The lowest BCUT2D eigenvalue weighted by Gasteiger charge is -2.24. The monoisotopic (exact) mass is 424 g/mol. The Morgan fingerprint density at radius 2 is 1.66 bits per heavy atom. The first kappa shape index (κ1) is 20.0. The number of fused-ring (bicyclic) bond motifs is 1. The lowest BCUT2D eigenvalue weighted by atomic mass is 10.0. The van der Waals surface area contributed by atoms with Gasteiger partial charge in [-0.1, -0.05) is 59.8 Å². The fourth-order valence-electron chi connectivity index (χ4n) is 4.41. The van der Waals surface area contributed by atoms with Crippen LogP contribution < -0.4 is 0 Å². The molecular weight excluding hydrogens is 400 g/mol. The second kappa shape index (κ2) is 8.30. The Balaban J connectivity index is 1.49. The Morgan fingerprint density at radius 1 is 0.969 bits per heavy atom. The molecule has 32 heavy (non-hydrogen) atoms. The van der Waals surface area contributed by atoms with Crippen LogP contribution in [0.3, 0.4) is 0 Å². The summed E-state index contributed by atoms with van der Waals surface area (Å²) < 4.78 is 2.06. The molecule has 3 aromatic carbocycles. The third kappa shape index (κ3) is 3.54. The summed E-state index contributed by atoms with van der Waals surface area (Å²) in [5.74, 6) is 0.810. The number of imidazole rings is 1. The third-order valence-electron chi connectivity index (χ3n) is 6.00. The van der Waals surface area contributed by atoms with Gasteiger partial charge in [0.2, 0.25) is 0 Å². The maximum absolute atomic E-state index is 13.5. The van der Waals surface area contributed by atoms with E-state index in [4.69, 9.17) is 9.82 Å². The van der Waals surface area contributed by atoms with Crippen molar-refractivity contribution in [2.45, 2.75) is 12.5 Å². The van der Waals surface area contributed by atoms with Crippen molar-refractivity contribution in [1.29, 1.82) is 0 Å². The van der Waals surface area contributed by atoms with E-state index in [2.05, 4.69) is 21.9 Å². The van der Waals surface area contributed by atoms with Crippen LogP contribution in [0.2, 0.25) is 0 Å². The van der Waals surface area contributed by atoms with Crippen LogP contribution in [-0.2, 0) is 11.9 Å². The summed E-state index contributed by atoms with van der Waals surface area (Å²) in [6.07, 6.45) is 0.596. The number of para-hydroxylation sites is 2.